The third-order valence-corrected chi connectivity index (χ3v) is 2.37. The topological polar surface area (TPSA) is 50.6 Å². The zero-order chi connectivity index (χ0) is 12.5. The summed E-state index contributed by atoms with van der Waals surface area (Å²) in [6, 6.07) is 0. The molecule has 0 radical (unpaired) electrons. The number of hydrogen-bond acceptors (Lipinski definition) is 3. The summed E-state index contributed by atoms with van der Waals surface area (Å²) in [6.45, 7) is 3.18. The summed E-state index contributed by atoms with van der Waals surface area (Å²) < 4.78 is 9.21. The lowest BCUT2D eigenvalue weighted by Gasteiger charge is -1.99. The highest BCUT2D eigenvalue weighted by molar-refractivity contribution is 5.72. The largest absolute Gasteiger partial charge is 1.00 e. The normalized spacial score (nSPS) is 11.2. The molecule has 5 nitrogen and oxygen atoms in total. The molecule has 1 N–H and O–H groups in total. The van der Waals surface area contributed by atoms with E-state index in [-0.39, 0.29) is 12.4 Å². The van der Waals surface area contributed by atoms with Gasteiger partial charge in [0.05, 0.1) is 13.7 Å². The van der Waals surface area contributed by atoms with Crippen LogP contribution in [-0.2, 0) is 18.5 Å². The van der Waals surface area contributed by atoms with E-state index in [1.807, 2.05) is 34.7 Å². The zero-order valence-corrected chi connectivity index (χ0v) is 11.5. The molecule has 6 heteroatoms. The molecule has 0 spiro atoms. The molecule has 1 aromatic rings. The predicted octanol–water partition coefficient (Wildman–Crippen LogP) is -1.54. The van der Waals surface area contributed by atoms with Crippen LogP contribution in [0, 0.1) is 0 Å². The maximum Gasteiger partial charge on any atom is 0.305 e. The number of imidazole rings is 1. The van der Waals surface area contributed by atoms with E-state index in [9.17, 15) is 0 Å². The van der Waals surface area contributed by atoms with Gasteiger partial charge in [0.1, 0.15) is 12.4 Å². The van der Waals surface area contributed by atoms with Crippen LogP contribution >= 0.6 is 0 Å². The van der Waals surface area contributed by atoms with E-state index in [4.69, 9.17) is 9.94 Å². The summed E-state index contributed by atoms with van der Waals surface area (Å²) in [6.07, 6.45) is 11.5. The Balaban J connectivity index is 0.00000289. The van der Waals surface area contributed by atoms with Crippen LogP contribution in [0.15, 0.2) is 29.7 Å². The van der Waals surface area contributed by atoms with Crippen molar-refractivity contribution in [3.05, 3.63) is 30.4 Å². The van der Waals surface area contributed by atoms with Gasteiger partial charge in [-0.2, -0.15) is 0 Å². The average molecular weight is 274 g/mol. The molecule has 0 fully saturated rings. The third-order valence-electron chi connectivity index (χ3n) is 2.37. The molecule has 18 heavy (non-hydrogen) atoms. The number of ether oxygens (including phenoxy) is 1. The van der Waals surface area contributed by atoms with Crippen LogP contribution in [0.1, 0.15) is 25.6 Å². The van der Waals surface area contributed by atoms with Crippen molar-refractivity contribution in [3.63, 3.8) is 0 Å². The second-order valence-electron chi connectivity index (χ2n) is 3.74. The number of hydrogen-bond donors (Lipinski definition) is 1. The van der Waals surface area contributed by atoms with Crippen molar-refractivity contribution in [1.29, 1.82) is 0 Å². The van der Waals surface area contributed by atoms with E-state index >= 15 is 0 Å². The Morgan fingerprint density at radius 1 is 1.50 bits per heavy atom. The van der Waals surface area contributed by atoms with E-state index in [2.05, 4.69) is 18.2 Å². The molecule has 0 bridgehead atoms. The van der Waals surface area contributed by atoms with Gasteiger partial charge in [-0.15, -0.1) is 0 Å². The number of aromatic nitrogens is 2. The lowest BCUT2D eigenvalue weighted by molar-refractivity contribution is -0.672. The van der Waals surface area contributed by atoms with Gasteiger partial charge in [0.25, 0.3) is 0 Å². The van der Waals surface area contributed by atoms with Crippen LogP contribution in [-0.4, -0.2) is 22.6 Å². The Bertz CT molecular complexity index is 389. The number of oxime groups is 1. The van der Waals surface area contributed by atoms with Crippen LogP contribution in [0.2, 0.25) is 0 Å². The first-order valence-electron chi connectivity index (χ1n) is 5.74. The fourth-order valence-corrected chi connectivity index (χ4v) is 1.43. The molecule has 0 amide bonds. The Morgan fingerprint density at radius 2 is 2.28 bits per heavy atom. The summed E-state index contributed by atoms with van der Waals surface area (Å²) in [4.78, 5) is 0. The Hall–Kier alpha value is -1.33. The van der Waals surface area contributed by atoms with Gasteiger partial charge in [0.2, 0.25) is 0 Å². The fourth-order valence-electron chi connectivity index (χ4n) is 1.43. The van der Waals surface area contributed by atoms with Gasteiger partial charge in [0, 0.05) is 0 Å². The molecule has 0 atom stereocenters. The summed E-state index contributed by atoms with van der Waals surface area (Å²) in [7, 11) is 1.88. The SMILES string of the molecule is CCC/C=C/COCn1cc[n+](C)c1/C=N\O.[Cl-]. The lowest BCUT2D eigenvalue weighted by atomic mass is 10.3. The first-order chi connectivity index (χ1) is 8.29. The highest BCUT2D eigenvalue weighted by Gasteiger charge is 2.11. The molecular formula is C12H20ClN3O2. The number of allylic oxidation sites excluding steroid dienone is 1. The van der Waals surface area contributed by atoms with Gasteiger partial charge >= 0.3 is 5.82 Å². The summed E-state index contributed by atoms with van der Waals surface area (Å²) in [5.74, 6) is 0.782. The van der Waals surface area contributed by atoms with E-state index in [0.717, 1.165) is 18.7 Å². The van der Waals surface area contributed by atoms with Gasteiger partial charge in [-0.1, -0.05) is 30.7 Å². The van der Waals surface area contributed by atoms with Crippen molar-refractivity contribution in [3.8, 4) is 0 Å². The molecule has 0 aromatic carbocycles. The maximum atomic E-state index is 8.55. The van der Waals surface area contributed by atoms with Crippen LogP contribution in [0.25, 0.3) is 0 Å². The Labute approximate surface area is 114 Å². The monoisotopic (exact) mass is 273 g/mol. The molecule has 1 rings (SSSR count). The summed E-state index contributed by atoms with van der Waals surface area (Å²) in [5, 5.41) is 11.6. The van der Waals surface area contributed by atoms with Crippen molar-refractivity contribution >= 4 is 6.21 Å². The zero-order valence-electron chi connectivity index (χ0n) is 10.8. The van der Waals surface area contributed by atoms with Gasteiger partial charge < -0.3 is 22.4 Å². The number of rotatable bonds is 7. The lowest BCUT2D eigenvalue weighted by Crippen LogP contribution is -3.00. The van der Waals surface area contributed by atoms with E-state index in [1.165, 1.54) is 6.21 Å². The quantitative estimate of drug-likeness (QED) is 0.163. The number of nitrogens with zero attached hydrogens (tertiary/aromatic N) is 3. The highest BCUT2D eigenvalue weighted by Crippen LogP contribution is 1.94. The van der Waals surface area contributed by atoms with E-state index < -0.39 is 0 Å². The number of unbranched alkanes of at least 4 members (excludes halogenated alkanes) is 1. The summed E-state index contributed by atoms with van der Waals surface area (Å²) in [5.41, 5.74) is 0. The van der Waals surface area contributed by atoms with Gasteiger partial charge in [-0.3, -0.25) is 0 Å². The molecule has 0 aliphatic carbocycles. The summed E-state index contributed by atoms with van der Waals surface area (Å²) >= 11 is 0. The second-order valence-corrected chi connectivity index (χ2v) is 3.74. The highest BCUT2D eigenvalue weighted by atomic mass is 35.5. The molecule has 0 aliphatic heterocycles. The second kappa shape index (κ2) is 9.67. The van der Waals surface area contributed by atoms with Crippen LogP contribution < -0.4 is 17.0 Å². The minimum atomic E-state index is 0. The van der Waals surface area contributed by atoms with Crippen molar-refractivity contribution in [2.24, 2.45) is 12.2 Å². The molecule has 1 heterocycles. The van der Waals surface area contributed by atoms with Gasteiger partial charge in [0.15, 0.2) is 12.9 Å². The van der Waals surface area contributed by atoms with E-state index in [1.54, 1.807) is 0 Å². The standard InChI is InChI=1S/C12H19N3O2.ClH/c1-3-4-5-6-9-17-11-15-8-7-14(2)12(15)10-13-16;/h5-8,10H,3-4,9,11H2,1-2H3;1H/b6-5+;. The average Bonchev–Trinajstić information content (AvgIpc) is 2.66. The minimum Gasteiger partial charge on any atom is -1.00 e. The van der Waals surface area contributed by atoms with Crippen molar-refractivity contribution in [1.82, 2.24) is 4.57 Å². The number of halogens is 1. The Kier molecular flexibility index (Phi) is 8.96. The third kappa shape index (κ3) is 5.33. The first-order valence-corrected chi connectivity index (χ1v) is 5.74. The molecule has 0 saturated heterocycles. The predicted molar refractivity (Wildman–Crippen MR) is 65.0 cm³/mol. The smallest absolute Gasteiger partial charge is 0.305 e. The van der Waals surface area contributed by atoms with Crippen LogP contribution in [0.5, 0.6) is 0 Å². The molecule has 0 unspecified atom stereocenters. The molecule has 102 valence electrons. The fraction of sp³-hybridized carbons (Fsp3) is 0.500. The molecule has 0 aliphatic rings. The maximum absolute atomic E-state index is 8.55. The first kappa shape index (κ1) is 16.7. The number of aryl methyl sites for hydroxylation is 1. The van der Waals surface area contributed by atoms with Crippen molar-refractivity contribution < 1.29 is 26.9 Å². The minimum absolute atomic E-state index is 0. The van der Waals surface area contributed by atoms with Crippen LogP contribution in [0.4, 0.5) is 0 Å². The van der Waals surface area contributed by atoms with Crippen molar-refractivity contribution in [2.45, 2.75) is 26.5 Å². The molecule has 0 saturated carbocycles. The van der Waals surface area contributed by atoms with E-state index in [0.29, 0.717) is 13.3 Å². The van der Waals surface area contributed by atoms with Crippen molar-refractivity contribution in [2.75, 3.05) is 6.61 Å². The van der Waals surface area contributed by atoms with Gasteiger partial charge in [-0.05, 0) is 6.42 Å². The Morgan fingerprint density at radius 3 is 2.94 bits per heavy atom. The molecular weight excluding hydrogens is 254 g/mol. The van der Waals surface area contributed by atoms with Gasteiger partial charge in [-0.25, -0.2) is 9.13 Å². The molecule has 1 aromatic heterocycles. The van der Waals surface area contributed by atoms with Crippen LogP contribution in [0.3, 0.4) is 0 Å².